The van der Waals surface area contributed by atoms with Crippen LogP contribution in [0.15, 0.2) is 60.7 Å². The number of hydrogen-bond donors (Lipinski definition) is 0. The normalized spacial score (nSPS) is 18.6. The van der Waals surface area contributed by atoms with Gasteiger partial charge in [0.15, 0.2) is 0 Å². The monoisotopic (exact) mass is 509 g/mol. The lowest BCUT2D eigenvalue weighted by atomic mass is 9.91. The van der Waals surface area contributed by atoms with Crippen molar-refractivity contribution in [2.45, 2.75) is 44.4 Å². The Hall–Kier alpha value is -1.78. The molecule has 5 heteroatoms. The second-order valence-corrected chi connectivity index (χ2v) is 8.62. The van der Waals surface area contributed by atoms with E-state index in [2.05, 4.69) is 70.2 Å². The minimum Gasteiger partial charge on any atom is -0.279 e. The molecule has 2 aromatic rings. The molecule has 1 heterocycles. The fourth-order valence-corrected chi connectivity index (χ4v) is 4.07. The molecule has 0 aromatic heterocycles. The van der Waals surface area contributed by atoms with Gasteiger partial charge in [0.2, 0.25) is 0 Å². The van der Waals surface area contributed by atoms with Gasteiger partial charge in [-0.15, -0.1) is 0 Å². The van der Waals surface area contributed by atoms with Crippen molar-refractivity contribution in [3.05, 3.63) is 80.9 Å². The van der Waals surface area contributed by atoms with Crippen LogP contribution in [-0.2, 0) is 6.18 Å². The quantitative estimate of drug-likeness (QED) is 0.314. The second-order valence-electron chi connectivity index (χ2n) is 7.37. The van der Waals surface area contributed by atoms with Crippen molar-refractivity contribution < 1.29 is 13.2 Å². The Bertz CT molecular complexity index is 904. The summed E-state index contributed by atoms with van der Waals surface area (Å²) in [6, 6.07) is 13.8. The van der Waals surface area contributed by atoms with Gasteiger partial charge in [-0.3, -0.25) is 4.90 Å². The van der Waals surface area contributed by atoms with E-state index in [4.69, 9.17) is 0 Å². The highest BCUT2D eigenvalue weighted by atomic mass is 127. The predicted octanol–water partition coefficient (Wildman–Crippen LogP) is 7.16. The summed E-state index contributed by atoms with van der Waals surface area (Å²) in [6.45, 7) is 6.62. The van der Waals surface area contributed by atoms with Crippen LogP contribution < -0.4 is 0 Å². The highest BCUT2D eigenvalue weighted by molar-refractivity contribution is 14.1. The van der Waals surface area contributed by atoms with Crippen LogP contribution >= 0.6 is 22.6 Å². The molecule has 0 amide bonds. The molecule has 1 nitrogen and oxygen atoms in total. The molecule has 1 aliphatic heterocycles. The standard InChI is InChI=1S/C24H23F3IN/c1-17(2)6-15-23(19-9-13-21(28)14-10-19)29-16-4-3-5-22(29)18-7-11-20(12-8-18)24(25,26)27/h7-14,22-23H,1,3-5,16H2,2H3/t22-,23+/m0/s1. The number of piperidine rings is 1. The smallest absolute Gasteiger partial charge is 0.279 e. The van der Waals surface area contributed by atoms with E-state index in [1.807, 2.05) is 6.92 Å². The van der Waals surface area contributed by atoms with Crippen LogP contribution in [0.3, 0.4) is 0 Å². The van der Waals surface area contributed by atoms with Crippen LogP contribution in [0.25, 0.3) is 0 Å². The van der Waals surface area contributed by atoms with Gasteiger partial charge in [-0.1, -0.05) is 49.1 Å². The van der Waals surface area contributed by atoms with E-state index in [1.54, 1.807) is 12.1 Å². The van der Waals surface area contributed by atoms with Crippen molar-refractivity contribution in [3.63, 3.8) is 0 Å². The van der Waals surface area contributed by atoms with Gasteiger partial charge in [0.05, 0.1) is 11.6 Å². The van der Waals surface area contributed by atoms with Gasteiger partial charge in [0, 0.05) is 16.2 Å². The zero-order chi connectivity index (χ0) is 21.0. The zero-order valence-electron chi connectivity index (χ0n) is 16.3. The summed E-state index contributed by atoms with van der Waals surface area (Å²) in [5.74, 6) is 6.47. The lowest BCUT2D eigenvalue weighted by molar-refractivity contribution is -0.137. The predicted molar refractivity (Wildman–Crippen MR) is 119 cm³/mol. The van der Waals surface area contributed by atoms with Crippen LogP contribution in [0.4, 0.5) is 13.2 Å². The van der Waals surface area contributed by atoms with E-state index in [0.717, 1.165) is 46.1 Å². The lowest BCUT2D eigenvalue weighted by Gasteiger charge is -2.40. The number of hydrogen-bond acceptors (Lipinski definition) is 1. The summed E-state index contributed by atoms with van der Waals surface area (Å²) >= 11 is 2.27. The van der Waals surface area contributed by atoms with Crippen LogP contribution in [0, 0.1) is 15.4 Å². The van der Waals surface area contributed by atoms with Crippen molar-refractivity contribution in [1.29, 1.82) is 0 Å². The van der Waals surface area contributed by atoms with Gasteiger partial charge in [0.1, 0.15) is 0 Å². The maximum atomic E-state index is 13.0. The van der Waals surface area contributed by atoms with Crippen molar-refractivity contribution in [1.82, 2.24) is 4.90 Å². The molecular weight excluding hydrogens is 486 g/mol. The molecule has 1 aliphatic rings. The van der Waals surface area contributed by atoms with Crippen molar-refractivity contribution in [3.8, 4) is 11.8 Å². The summed E-state index contributed by atoms with van der Waals surface area (Å²) in [5.41, 5.74) is 2.19. The first-order chi connectivity index (χ1) is 13.8. The number of benzene rings is 2. The van der Waals surface area contributed by atoms with E-state index >= 15 is 0 Å². The number of alkyl halides is 3. The number of nitrogens with zero attached hydrogens (tertiary/aromatic N) is 1. The van der Waals surface area contributed by atoms with E-state index < -0.39 is 11.7 Å². The third-order valence-electron chi connectivity index (χ3n) is 5.11. The van der Waals surface area contributed by atoms with Gasteiger partial charge in [-0.25, -0.2) is 0 Å². The van der Waals surface area contributed by atoms with Gasteiger partial charge in [0.25, 0.3) is 0 Å². The Labute approximate surface area is 184 Å². The third-order valence-corrected chi connectivity index (χ3v) is 5.83. The SMILES string of the molecule is C=C(C)C#C[C@H](c1ccc(I)cc1)N1CCCC[C@H]1c1ccc(C(F)(F)F)cc1. The van der Waals surface area contributed by atoms with Gasteiger partial charge >= 0.3 is 6.18 Å². The van der Waals surface area contributed by atoms with Crippen molar-refractivity contribution in [2.24, 2.45) is 0 Å². The number of rotatable bonds is 3. The van der Waals surface area contributed by atoms with Gasteiger partial charge in [-0.2, -0.15) is 13.2 Å². The Morgan fingerprint density at radius 3 is 2.34 bits per heavy atom. The molecule has 2 atom stereocenters. The third kappa shape index (κ3) is 5.64. The molecule has 0 saturated carbocycles. The molecule has 152 valence electrons. The first-order valence-electron chi connectivity index (χ1n) is 9.61. The van der Waals surface area contributed by atoms with E-state index in [-0.39, 0.29) is 12.1 Å². The Morgan fingerprint density at radius 1 is 1.10 bits per heavy atom. The second kappa shape index (κ2) is 9.36. The summed E-state index contributed by atoms with van der Waals surface area (Å²) in [5, 5.41) is 0. The van der Waals surface area contributed by atoms with Crippen LogP contribution in [0.2, 0.25) is 0 Å². The average molecular weight is 509 g/mol. The first kappa shape index (κ1) is 21.9. The molecular formula is C24H23F3IN. The van der Waals surface area contributed by atoms with Gasteiger partial charge in [-0.05, 0) is 83.3 Å². The van der Waals surface area contributed by atoms with Crippen LogP contribution in [-0.4, -0.2) is 11.4 Å². The molecule has 29 heavy (non-hydrogen) atoms. The Kier molecular flexibility index (Phi) is 7.07. The highest BCUT2D eigenvalue weighted by Gasteiger charge is 2.33. The molecule has 0 unspecified atom stereocenters. The first-order valence-corrected chi connectivity index (χ1v) is 10.7. The molecule has 0 spiro atoms. The Morgan fingerprint density at radius 2 is 1.76 bits per heavy atom. The number of likely N-dealkylation sites (tertiary alicyclic amines) is 1. The van der Waals surface area contributed by atoms with Crippen molar-refractivity contribution in [2.75, 3.05) is 6.54 Å². The molecule has 1 fully saturated rings. The largest absolute Gasteiger partial charge is 0.416 e. The minimum absolute atomic E-state index is 0.0368. The fourth-order valence-electron chi connectivity index (χ4n) is 3.71. The van der Waals surface area contributed by atoms with E-state index in [9.17, 15) is 13.2 Å². The summed E-state index contributed by atoms with van der Waals surface area (Å²) in [4.78, 5) is 2.32. The van der Waals surface area contributed by atoms with Crippen LogP contribution in [0.5, 0.6) is 0 Å². The summed E-state index contributed by atoms with van der Waals surface area (Å²) < 4.78 is 40.0. The molecule has 0 N–H and O–H groups in total. The maximum absolute atomic E-state index is 13.0. The topological polar surface area (TPSA) is 3.24 Å². The highest BCUT2D eigenvalue weighted by Crippen LogP contribution is 2.38. The summed E-state index contributed by atoms with van der Waals surface area (Å²) in [6.07, 6.45) is -1.31. The van der Waals surface area contributed by atoms with Gasteiger partial charge < -0.3 is 0 Å². The molecule has 1 saturated heterocycles. The summed E-state index contributed by atoms with van der Waals surface area (Å²) in [7, 11) is 0. The fraction of sp³-hybridized carbons (Fsp3) is 0.333. The zero-order valence-corrected chi connectivity index (χ0v) is 18.4. The molecule has 0 bridgehead atoms. The average Bonchev–Trinajstić information content (AvgIpc) is 2.69. The van der Waals surface area contributed by atoms with E-state index in [1.165, 1.54) is 12.1 Å². The van der Waals surface area contributed by atoms with Crippen LogP contribution in [0.1, 0.15) is 55.0 Å². The molecule has 0 radical (unpaired) electrons. The minimum atomic E-state index is -4.32. The molecule has 0 aliphatic carbocycles. The van der Waals surface area contributed by atoms with Crippen molar-refractivity contribution >= 4 is 22.6 Å². The maximum Gasteiger partial charge on any atom is 0.416 e. The number of halogens is 4. The van der Waals surface area contributed by atoms with E-state index in [0.29, 0.717) is 0 Å². The number of allylic oxidation sites excluding steroid dienone is 1. The Balaban J connectivity index is 1.97. The molecule has 2 aromatic carbocycles. The lowest BCUT2D eigenvalue weighted by Crippen LogP contribution is -2.36. The molecule has 3 rings (SSSR count).